The number of carbonyl (C=O) groups excluding carboxylic acids is 3. The summed E-state index contributed by atoms with van der Waals surface area (Å²) in [6.45, 7) is 11.5. The predicted octanol–water partition coefficient (Wildman–Crippen LogP) is 3.77. The molecule has 2 N–H and O–H groups in total. The van der Waals surface area contributed by atoms with Crippen molar-refractivity contribution in [2.75, 3.05) is 18.9 Å². The summed E-state index contributed by atoms with van der Waals surface area (Å²) >= 11 is 0. The lowest BCUT2D eigenvalue weighted by atomic mass is 10.0. The van der Waals surface area contributed by atoms with Gasteiger partial charge < -0.3 is 15.5 Å². The molecule has 1 atom stereocenters. The quantitative estimate of drug-likeness (QED) is 0.712. The fraction of sp³-hybridized carbons (Fsp3) is 0.400. The van der Waals surface area contributed by atoms with Crippen molar-refractivity contribution >= 4 is 23.4 Å². The molecule has 3 amide bonds. The first-order chi connectivity index (χ1) is 14.5. The third kappa shape index (κ3) is 6.41. The summed E-state index contributed by atoms with van der Waals surface area (Å²) in [7, 11) is 1.57. The Hall–Kier alpha value is -3.15. The summed E-state index contributed by atoms with van der Waals surface area (Å²) in [6, 6.07) is 10.5. The monoisotopic (exact) mass is 423 g/mol. The zero-order chi connectivity index (χ0) is 23.3. The minimum absolute atomic E-state index is 0.102. The highest BCUT2D eigenvalue weighted by Crippen LogP contribution is 2.21. The number of likely N-dealkylation sites (N-methyl/N-ethyl adjacent to an activating group) is 1. The largest absolute Gasteiger partial charge is 0.340 e. The van der Waals surface area contributed by atoms with E-state index in [-0.39, 0.29) is 30.2 Å². The molecule has 1 unspecified atom stereocenters. The van der Waals surface area contributed by atoms with Crippen LogP contribution in [0.1, 0.15) is 46.5 Å². The minimum Gasteiger partial charge on any atom is -0.340 e. The third-order valence-electron chi connectivity index (χ3n) is 5.23. The van der Waals surface area contributed by atoms with Gasteiger partial charge >= 0.3 is 0 Å². The van der Waals surface area contributed by atoms with Crippen molar-refractivity contribution in [2.45, 2.75) is 47.6 Å². The van der Waals surface area contributed by atoms with Gasteiger partial charge in [0.1, 0.15) is 6.04 Å². The Balaban J connectivity index is 2.05. The van der Waals surface area contributed by atoms with Crippen LogP contribution < -0.4 is 10.6 Å². The predicted molar refractivity (Wildman–Crippen MR) is 124 cm³/mol. The van der Waals surface area contributed by atoms with Gasteiger partial charge in [0.2, 0.25) is 11.8 Å². The average Bonchev–Trinajstić information content (AvgIpc) is 2.68. The number of rotatable bonds is 7. The third-order valence-corrected chi connectivity index (χ3v) is 5.23. The fourth-order valence-corrected chi connectivity index (χ4v) is 3.53. The molecule has 6 heteroatoms. The topological polar surface area (TPSA) is 78.5 Å². The van der Waals surface area contributed by atoms with Crippen LogP contribution >= 0.6 is 0 Å². The van der Waals surface area contributed by atoms with Crippen LogP contribution in [0.15, 0.2) is 36.4 Å². The van der Waals surface area contributed by atoms with Crippen LogP contribution in [0.4, 0.5) is 5.69 Å². The summed E-state index contributed by atoms with van der Waals surface area (Å²) in [5.41, 5.74) is 5.40. The van der Waals surface area contributed by atoms with Crippen LogP contribution in [0, 0.1) is 33.6 Å². The highest BCUT2D eigenvalue weighted by molar-refractivity contribution is 5.99. The maximum absolute atomic E-state index is 13.0. The van der Waals surface area contributed by atoms with Gasteiger partial charge in [-0.1, -0.05) is 49.2 Å². The van der Waals surface area contributed by atoms with Gasteiger partial charge in [-0.25, -0.2) is 0 Å². The lowest BCUT2D eigenvalue weighted by Gasteiger charge is -2.27. The van der Waals surface area contributed by atoms with Crippen molar-refractivity contribution in [3.8, 4) is 0 Å². The van der Waals surface area contributed by atoms with E-state index in [1.807, 2.05) is 65.8 Å². The number of hydrogen-bond acceptors (Lipinski definition) is 3. The van der Waals surface area contributed by atoms with E-state index in [1.165, 1.54) is 4.90 Å². The van der Waals surface area contributed by atoms with E-state index in [2.05, 4.69) is 10.6 Å². The van der Waals surface area contributed by atoms with Crippen LogP contribution in [0.5, 0.6) is 0 Å². The molecule has 0 heterocycles. The number of anilines is 1. The SMILES string of the molecule is Cc1ccc(C(=O)NC(C(=O)N(C)CC(=O)Nc2c(C)cc(C)cc2C)C(C)C)cc1. The Morgan fingerprint density at radius 3 is 1.97 bits per heavy atom. The van der Waals surface area contributed by atoms with E-state index < -0.39 is 6.04 Å². The van der Waals surface area contributed by atoms with E-state index >= 15 is 0 Å². The molecular formula is C25H33N3O3. The first-order valence-corrected chi connectivity index (χ1v) is 10.5. The number of benzene rings is 2. The summed E-state index contributed by atoms with van der Waals surface area (Å²) in [4.78, 5) is 39.6. The lowest BCUT2D eigenvalue weighted by molar-refractivity contribution is -0.135. The van der Waals surface area contributed by atoms with E-state index in [4.69, 9.17) is 0 Å². The van der Waals surface area contributed by atoms with Gasteiger partial charge in [-0.05, 0) is 56.9 Å². The number of nitrogens with zero attached hydrogens (tertiary/aromatic N) is 1. The number of amides is 3. The van der Waals surface area contributed by atoms with Gasteiger partial charge in [0.05, 0.1) is 6.54 Å². The van der Waals surface area contributed by atoms with Crippen LogP contribution in [-0.2, 0) is 9.59 Å². The molecule has 0 saturated carbocycles. The summed E-state index contributed by atoms with van der Waals surface area (Å²) < 4.78 is 0. The van der Waals surface area contributed by atoms with Crippen LogP contribution in [-0.4, -0.2) is 42.3 Å². The molecule has 0 aliphatic heterocycles. The van der Waals surface area contributed by atoms with Crippen molar-refractivity contribution in [3.05, 3.63) is 64.2 Å². The Labute approximate surface area is 185 Å². The van der Waals surface area contributed by atoms with Gasteiger partial charge in [0.15, 0.2) is 0 Å². The number of aryl methyl sites for hydroxylation is 4. The average molecular weight is 424 g/mol. The first kappa shape index (κ1) is 24.1. The second-order valence-electron chi connectivity index (χ2n) is 8.58. The molecule has 0 saturated heterocycles. The summed E-state index contributed by atoms with van der Waals surface area (Å²) in [5, 5.41) is 5.73. The number of carbonyl (C=O) groups is 3. The second kappa shape index (κ2) is 10.2. The van der Waals surface area contributed by atoms with Crippen molar-refractivity contribution in [1.29, 1.82) is 0 Å². The maximum Gasteiger partial charge on any atom is 0.251 e. The van der Waals surface area contributed by atoms with E-state index in [0.29, 0.717) is 5.56 Å². The fourth-order valence-electron chi connectivity index (χ4n) is 3.53. The molecule has 2 aromatic rings. The van der Waals surface area contributed by atoms with Crippen molar-refractivity contribution in [3.63, 3.8) is 0 Å². The van der Waals surface area contributed by atoms with Crippen molar-refractivity contribution in [2.24, 2.45) is 5.92 Å². The molecule has 0 aliphatic rings. The highest BCUT2D eigenvalue weighted by Gasteiger charge is 2.28. The molecule has 0 radical (unpaired) electrons. The number of hydrogen-bond donors (Lipinski definition) is 2. The Morgan fingerprint density at radius 1 is 0.903 bits per heavy atom. The maximum atomic E-state index is 13.0. The van der Waals surface area contributed by atoms with Gasteiger partial charge in [0.25, 0.3) is 5.91 Å². The van der Waals surface area contributed by atoms with Crippen molar-refractivity contribution < 1.29 is 14.4 Å². The summed E-state index contributed by atoms with van der Waals surface area (Å²) in [6.07, 6.45) is 0. The zero-order valence-electron chi connectivity index (χ0n) is 19.5. The normalized spacial score (nSPS) is 11.7. The smallest absolute Gasteiger partial charge is 0.251 e. The molecule has 31 heavy (non-hydrogen) atoms. The molecule has 2 rings (SSSR count). The van der Waals surface area contributed by atoms with Crippen LogP contribution in [0.25, 0.3) is 0 Å². The Kier molecular flexibility index (Phi) is 7.97. The minimum atomic E-state index is -0.727. The lowest BCUT2D eigenvalue weighted by Crippen LogP contribution is -2.51. The van der Waals surface area contributed by atoms with E-state index in [9.17, 15) is 14.4 Å². The van der Waals surface area contributed by atoms with Gasteiger partial charge in [-0.3, -0.25) is 14.4 Å². The van der Waals surface area contributed by atoms with E-state index in [0.717, 1.165) is 27.9 Å². The second-order valence-corrected chi connectivity index (χ2v) is 8.58. The highest BCUT2D eigenvalue weighted by atomic mass is 16.2. The standard InChI is InChI=1S/C25H33N3O3/c1-15(2)22(27-24(30)20-10-8-16(3)9-11-20)25(31)28(7)14-21(29)26-23-18(5)12-17(4)13-19(23)6/h8-13,15,22H,14H2,1-7H3,(H,26,29)(H,27,30). The first-order valence-electron chi connectivity index (χ1n) is 10.5. The molecule has 0 aliphatic carbocycles. The zero-order valence-corrected chi connectivity index (χ0v) is 19.5. The van der Waals surface area contributed by atoms with Crippen LogP contribution in [0.3, 0.4) is 0 Å². The molecule has 2 aromatic carbocycles. The van der Waals surface area contributed by atoms with Crippen molar-refractivity contribution in [1.82, 2.24) is 10.2 Å². The molecule has 0 spiro atoms. The van der Waals surface area contributed by atoms with Gasteiger partial charge in [-0.2, -0.15) is 0 Å². The van der Waals surface area contributed by atoms with Crippen LogP contribution in [0.2, 0.25) is 0 Å². The molecule has 0 fully saturated rings. The van der Waals surface area contributed by atoms with E-state index in [1.54, 1.807) is 19.2 Å². The Bertz CT molecular complexity index is 941. The molecule has 6 nitrogen and oxygen atoms in total. The molecule has 0 bridgehead atoms. The Morgan fingerprint density at radius 2 is 1.45 bits per heavy atom. The molecular weight excluding hydrogens is 390 g/mol. The summed E-state index contributed by atoms with van der Waals surface area (Å²) in [5.74, 6) is -1.02. The molecule has 0 aromatic heterocycles. The molecule has 166 valence electrons. The van der Waals surface area contributed by atoms with Gasteiger partial charge in [0, 0.05) is 18.3 Å². The number of nitrogens with one attached hydrogen (secondary N) is 2. The van der Waals surface area contributed by atoms with Gasteiger partial charge in [-0.15, -0.1) is 0 Å².